The number of hydrogen-bond acceptors (Lipinski definition) is 7. The number of hydrazone groups is 1. The fourth-order valence-electron chi connectivity index (χ4n) is 3.43. The highest BCUT2D eigenvalue weighted by atomic mass is 79.9. The number of benzene rings is 2. The molecule has 0 bridgehead atoms. The molecule has 2 heterocycles. The number of carbonyl (C=O) groups excluding carboxylic acids is 1. The van der Waals surface area contributed by atoms with E-state index in [-0.39, 0.29) is 11.4 Å². The van der Waals surface area contributed by atoms with Crippen LogP contribution in [-0.4, -0.2) is 46.8 Å². The first-order valence-electron chi connectivity index (χ1n) is 11.2. The van der Waals surface area contributed by atoms with Gasteiger partial charge in [0.2, 0.25) is 5.17 Å². The molecule has 1 amide bonds. The molecule has 2 aromatic carbocycles. The van der Waals surface area contributed by atoms with E-state index in [1.165, 1.54) is 16.8 Å². The predicted octanol–water partition coefficient (Wildman–Crippen LogP) is 5.64. The van der Waals surface area contributed by atoms with E-state index in [9.17, 15) is 4.79 Å². The molecule has 0 aliphatic carbocycles. The molecule has 35 heavy (non-hydrogen) atoms. The molecule has 0 fully saturated rings. The summed E-state index contributed by atoms with van der Waals surface area (Å²) in [4.78, 5) is 16.8. The molecule has 0 saturated carbocycles. The van der Waals surface area contributed by atoms with Crippen molar-refractivity contribution in [3.05, 3.63) is 57.6 Å². The first-order valence-corrected chi connectivity index (χ1v) is 12.8. The van der Waals surface area contributed by atoms with Crippen LogP contribution in [0.5, 0.6) is 17.2 Å². The summed E-state index contributed by atoms with van der Waals surface area (Å²) >= 11 is 4.87. The number of carbonyl (C=O) groups is 1. The number of ether oxygens (including phenoxy) is 3. The Morgan fingerprint density at radius 2 is 1.89 bits per heavy atom. The summed E-state index contributed by atoms with van der Waals surface area (Å²) in [6.07, 6.45) is 2.33. The number of hydrogen-bond donors (Lipinski definition) is 1. The highest BCUT2D eigenvalue weighted by Gasteiger charge is 2.35. The van der Waals surface area contributed by atoms with E-state index in [2.05, 4.69) is 26.0 Å². The van der Waals surface area contributed by atoms with E-state index in [4.69, 9.17) is 19.6 Å². The Hall–Kier alpha value is -3.11. The van der Waals surface area contributed by atoms with Gasteiger partial charge in [0.1, 0.15) is 24.0 Å². The molecule has 0 saturated heterocycles. The number of rotatable bonds is 9. The van der Waals surface area contributed by atoms with Crippen molar-refractivity contribution in [1.29, 1.82) is 5.41 Å². The van der Waals surface area contributed by atoms with Crippen LogP contribution in [0, 0.1) is 12.3 Å². The Morgan fingerprint density at radius 1 is 1.11 bits per heavy atom. The van der Waals surface area contributed by atoms with E-state index in [0.717, 1.165) is 16.4 Å². The normalized spacial score (nSPS) is 16.2. The van der Waals surface area contributed by atoms with Gasteiger partial charge < -0.3 is 14.2 Å². The van der Waals surface area contributed by atoms with Crippen LogP contribution in [0.4, 0.5) is 0 Å². The van der Waals surface area contributed by atoms with Gasteiger partial charge in [-0.15, -0.1) is 0 Å². The molecular weight excluding hydrogens is 532 g/mol. The van der Waals surface area contributed by atoms with Gasteiger partial charge in [-0.05, 0) is 83.4 Å². The molecule has 0 radical (unpaired) electrons. The third kappa shape index (κ3) is 5.59. The molecule has 182 valence electrons. The van der Waals surface area contributed by atoms with Crippen LogP contribution in [0.25, 0.3) is 6.08 Å². The van der Waals surface area contributed by atoms with Gasteiger partial charge in [0.25, 0.3) is 5.91 Å². The minimum Gasteiger partial charge on any atom is -0.490 e. The summed E-state index contributed by atoms with van der Waals surface area (Å²) in [6.45, 7) is 6.97. The van der Waals surface area contributed by atoms with Crippen molar-refractivity contribution in [2.75, 3.05) is 19.8 Å². The largest absolute Gasteiger partial charge is 0.490 e. The van der Waals surface area contributed by atoms with Gasteiger partial charge in [0.05, 0.1) is 16.7 Å². The Morgan fingerprint density at radius 3 is 2.63 bits per heavy atom. The number of aryl methyl sites for hydroxylation is 1. The van der Waals surface area contributed by atoms with Gasteiger partial charge in [-0.1, -0.05) is 25.1 Å². The zero-order chi connectivity index (χ0) is 24.9. The third-order valence-electron chi connectivity index (χ3n) is 5.12. The molecule has 2 aliphatic rings. The minimum atomic E-state index is -0.468. The minimum absolute atomic E-state index is 0.00119. The van der Waals surface area contributed by atoms with Gasteiger partial charge in [-0.25, -0.2) is 0 Å². The Bertz CT molecular complexity index is 1260. The molecule has 0 spiro atoms. The lowest BCUT2D eigenvalue weighted by atomic mass is 10.1. The quantitative estimate of drug-likeness (QED) is 0.317. The smallest absolute Gasteiger partial charge is 0.283 e. The topological polar surface area (TPSA) is 96.6 Å². The number of fused-ring (bicyclic) bond motifs is 1. The summed E-state index contributed by atoms with van der Waals surface area (Å²) in [7, 11) is 0. The van der Waals surface area contributed by atoms with Gasteiger partial charge in [-0.3, -0.25) is 10.2 Å². The monoisotopic (exact) mass is 556 g/mol. The molecule has 4 rings (SSSR count). The van der Waals surface area contributed by atoms with Crippen LogP contribution < -0.4 is 14.2 Å². The zero-order valence-corrected chi connectivity index (χ0v) is 22.0. The maximum atomic E-state index is 12.7. The highest BCUT2D eigenvalue weighted by molar-refractivity contribution is 9.10. The van der Waals surface area contributed by atoms with E-state index < -0.39 is 5.91 Å². The number of thioether (sulfide) groups is 1. The average molecular weight is 557 g/mol. The van der Waals surface area contributed by atoms with Crippen molar-refractivity contribution in [3.8, 4) is 17.2 Å². The maximum Gasteiger partial charge on any atom is 0.283 e. The number of nitrogens with one attached hydrogen (secondary N) is 1. The number of nitrogens with zero attached hydrogens (tertiary/aromatic N) is 3. The zero-order valence-electron chi connectivity index (χ0n) is 19.6. The average Bonchev–Trinajstić information content (AvgIpc) is 3.25. The van der Waals surface area contributed by atoms with E-state index in [0.29, 0.717) is 52.9 Å². The second-order valence-corrected chi connectivity index (χ2v) is 9.49. The van der Waals surface area contributed by atoms with Crippen molar-refractivity contribution in [2.45, 2.75) is 27.2 Å². The maximum absolute atomic E-state index is 12.7. The van der Waals surface area contributed by atoms with Crippen LogP contribution in [0.2, 0.25) is 0 Å². The van der Waals surface area contributed by atoms with Crippen molar-refractivity contribution in [2.24, 2.45) is 10.1 Å². The molecule has 8 nitrogen and oxygen atoms in total. The van der Waals surface area contributed by atoms with Crippen LogP contribution in [0.1, 0.15) is 31.4 Å². The van der Waals surface area contributed by atoms with Gasteiger partial charge >= 0.3 is 0 Å². The second-order valence-electron chi connectivity index (χ2n) is 7.59. The number of halogens is 1. The molecule has 2 aromatic rings. The van der Waals surface area contributed by atoms with Crippen LogP contribution in [0.3, 0.4) is 0 Å². The van der Waals surface area contributed by atoms with Crippen molar-refractivity contribution in [3.63, 3.8) is 0 Å². The van der Waals surface area contributed by atoms with Crippen LogP contribution in [0.15, 0.2) is 56.5 Å². The summed E-state index contributed by atoms with van der Waals surface area (Å²) in [5.41, 5.74) is 1.89. The fraction of sp³-hybridized carbons (Fsp3) is 0.280. The Labute approximate surface area is 216 Å². The van der Waals surface area contributed by atoms with E-state index in [1.807, 2.05) is 51.1 Å². The van der Waals surface area contributed by atoms with Gasteiger partial charge in [0.15, 0.2) is 17.3 Å². The molecule has 0 unspecified atom stereocenters. The molecule has 0 aromatic heterocycles. The molecular formula is C25H25BrN4O4S. The number of amides is 1. The van der Waals surface area contributed by atoms with E-state index in [1.54, 1.807) is 12.1 Å². The number of para-hydroxylation sites is 1. The lowest BCUT2D eigenvalue weighted by Gasteiger charge is -2.20. The molecule has 0 atom stereocenters. The first kappa shape index (κ1) is 25.0. The summed E-state index contributed by atoms with van der Waals surface area (Å²) in [5.74, 6) is 1.41. The third-order valence-corrected chi connectivity index (χ3v) is 6.76. The van der Waals surface area contributed by atoms with Crippen molar-refractivity contribution in [1.82, 2.24) is 5.01 Å². The van der Waals surface area contributed by atoms with Crippen LogP contribution in [-0.2, 0) is 4.79 Å². The summed E-state index contributed by atoms with van der Waals surface area (Å²) in [5, 5.41) is 15.5. The highest BCUT2D eigenvalue weighted by Crippen LogP contribution is 2.38. The molecule has 2 aliphatic heterocycles. The second kappa shape index (κ2) is 11.1. The van der Waals surface area contributed by atoms with Gasteiger partial charge in [-0.2, -0.15) is 15.1 Å². The number of aliphatic imine (C=N–C) groups is 1. The van der Waals surface area contributed by atoms with Crippen LogP contribution >= 0.6 is 27.7 Å². The van der Waals surface area contributed by atoms with Crippen molar-refractivity contribution < 1.29 is 19.0 Å². The Balaban J connectivity index is 1.52. The standard InChI is InChI=1S/C25H25BrN4O4S/c1-4-21-29-30-23(27)17(24(31)28-25(30)35-21)12-16-13-18(26)22(20(14-16)32-5-2)34-11-10-33-19-9-7-6-8-15(19)3/h6-9,12-14,27H,4-5,10-11H2,1-3H3/b17-12+,27-23?. The summed E-state index contributed by atoms with van der Waals surface area (Å²) < 4.78 is 18.3. The predicted molar refractivity (Wildman–Crippen MR) is 143 cm³/mol. The molecule has 1 N–H and O–H groups in total. The first-order chi connectivity index (χ1) is 16.9. The Kier molecular flexibility index (Phi) is 7.92. The summed E-state index contributed by atoms with van der Waals surface area (Å²) in [6, 6.07) is 11.4. The molecule has 10 heteroatoms. The SMILES string of the molecule is CCOc1cc(/C=C2\C(=N)N3N=C(CC)SC3=NC2=O)cc(Br)c1OCCOc1ccccc1C. The van der Waals surface area contributed by atoms with Crippen molar-refractivity contribution >= 4 is 55.7 Å². The number of amidine groups is 2. The lowest BCUT2D eigenvalue weighted by molar-refractivity contribution is -0.114. The van der Waals surface area contributed by atoms with E-state index >= 15 is 0 Å². The fourth-order valence-corrected chi connectivity index (χ4v) is 4.83. The lowest BCUT2D eigenvalue weighted by Crippen LogP contribution is -2.35. The van der Waals surface area contributed by atoms with Gasteiger partial charge in [0, 0.05) is 0 Å².